The summed E-state index contributed by atoms with van der Waals surface area (Å²) >= 11 is 1.27. The van der Waals surface area contributed by atoms with E-state index in [1.165, 1.54) is 23.5 Å². The number of halogens is 3. The Morgan fingerprint density at radius 2 is 1.67 bits per heavy atom. The van der Waals surface area contributed by atoms with Crippen LogP contribution in [0, 0.1) is 6.92 Å². The van der Waals surface area contributed by atoms with Crippen LogP contribution < -0.4 is 10.2 Å². The van der Waals surface area contributed by atoms with Crippen molar-refractivity contribution in [2.75, 3.05) is 10.2 Å². The minimum atomic E-state index is -4.59. The second kappa shape index (κ2) is 7.46. The average molecular weight is 428 g/mol. The van der Waals surface area contributed by atoms with Crippen molar-refractivity contribution in [3.05, 3.63) is 87.7 Å². The van der Waals surface area contributed by atoms with Gasteiger partial charge in [0.1, 0.15) is 5.70 Å². The molecule has 0 saturated carbocycles. The Bertz CT molecular complexity index is 1150. The molecule has 8 heteroatoms. The number of hydrogen-bond acceptors (Lipinski definition) is 4. The molecule has 0 atom stereocenters. The zero-order valence-electron chi connectivity index (χ0n) is 15.7. The van der Waals surface area contributed by atoms with Crippen molar-refractivity contribution in [3.8, 4) is 0 Å². The smallest absolute Gasteiger partial charge is 0.350 e. The first-order chi connectivity index (χ1) is 14.3. The molecule has 0 spiro atoms. The average Bonchev–Trinajstić information content (AvgIpc) is 3.30. The van der Waals surface area contributed by atoms with E-state index in [2.05, 4.69) is 5.32 Å². The van der Waals surface area contributed by atoms with E-state index in [1.807, 2.05) is 19.1 Å². The quantitative estimate of drug-likeness (QED) is 0.561. The van der Waals surface area contributed by atoms with E-state index in [4.69, 9.17) is 0 Å². The summed E-state index contributed by atoms with van der Waals surface area (Å²) in [4.78, 5) is 27.7. The van der Waals surface area contributed by atoms with E-state index < -0.39 is 23.6 Å². The maximum atomic E-state index is 13.2. The third kappa shape index (κ3) is 3.61. The van der Waals surface area contributed by atoms with E-state index in [9.17, 15) is 22.8 Å². The van der Waals surface area contributed by atoms with Gasteiger partial charge in [-0.2, -0.15) is 13.2 Å². The number of aryl methyl sites for hydroxylation is 1. The fourth-order valence-corrected chi connectivity index (χ4v) is 3.90. The molecule has 4 rings (SSSR count). The Kier molecular flexibility index (Phi) is 4.95. The van der Waals surface area contributed by atoms with Crippen molar-refractivity contribution in [2.45, 2.75) is 13.1 Å². The lowest BCUT2D eigenvalue weighted by molar-refractivity contribution is -0.137. The van der Waals surface area contributed by atoms with Gasteiger partial charge in [0.05, 0.1) is 16.8 Å². The summed E-state index contributed by atoms with van der Waals surface area (Å²) in [5.41, 5.74) is 0.716. The van der Waals surface area contributed by atoms with Crippen molar-refractivity contribution in [2.24, 2.45) is 0 Å². The van der Waals surface area contributed by atoms with Gasteiger partial charge < -0.3 is 5.32 Å². The molecule has 30 heavy (non-hydrogen) atoms. The molecule has 4 nitrogen and oxygen atoms in total. The Hall–Kier alpha value is -3.39. The zero-order chi connectivity index (χ0) is 21.5. The number of hydrogen-bond donors (Lipinski definition) is 1. The van der Waals surface area contributed by atoms with Crippen LogP contribution in [0.2, 0.25) is 0 Å². The molecule has 152 valence electrons. The number of anilines is 2. The molecule has 3 aromatic rings. The fourth-order valence-electron chi connectivity index (χ4n) is 3.13. The number of carbonyl (C=O) groups is 2. The lowest BCUT2D eigenvalue weighted by atomic mass is 10.1. The maximum absolute atomic E-state index is 13.2. The van der Waals surface area contributed by atoms with Gasteiger partial charge in [-0.1, -0.05) is 29.8 Å². The molecule has 0 unspecified atom stereocenters. The molecule has 0 bridgehead atoms. The number of nitrogens with one attached hydrogen (secondary N) is 1. The summed E-state index contributed by atoms with van der Waals surface area (Å²) < 4.78 is 39.4. The molecule has 0 saturated heterocycles. The Morgan fingerprint density at radius 3 is 2.30 bits per heavy atom. The molecule has 0 radical (unpaired) electrons. The molecule has 1 N–H and O–H groups in total. The van der Waals surface area contributed by atoms with Crippen molar-refractivity contribution >= 4 is 40.1 Å². The van der Waals surface area contributed by atoms with Crippen molar-refractivity contribution < 1.29 is 22.8 Å². The molecular weight excluding hydrogens is 413 g/mol. The number of benzene rings is 2. The standard InChI is InChI=1S/C22H15F3N2O2S/c1-13-7-9-15(10-8-13)26-19-18(17-6-3-11-30-17)20(28)27(21(19)29)16-5-2-4-14(12-16)22(23,24)25/h2-12,26H,1H3. The van der Waals surface area contributed by atoms with Gasteiger partial charge in [0.15, 0.2) is 0 Å². The molecule has 2 heterocycles. The maximum Gasteiger partial charge on any atom is 0.416 e. The van der Waals surface area contributed by atoms with Gasteiger partial charge in [0, 0.05) is 10.6 Å². The third-order valence-electron chi connectivity index (χ3n) is 4.60. The molecule has 1 aromatic heterocycles. The van der Waals surface area contributed by atoms with Crippen molar-refractivity contribution in [1.29, 1.82) is 0 Å². The fraction of sp³-hybridized carbons (Fsp3) is 0.0909. The predicted octanol–water partition coefficient (Wildman–Crippen LogP) is 5.47. The normalized spacial score (nSPS) is 14.6. The number of alkyl halides is 3. The minimum Gasteiger partial charge on any atom is -0.350 e. The first-order valence-electron chi connectivity index (χ1n) is 8.93. The molecule has 2 aromatic carbocycles. The van der Waals surface area contributed by atoms with Crippen LogP contribution in [0.4, 0.5) is 24.5 Å². The highest BCUT2D eigenvalue weighted by Crippen LogP contribution is 2.37. The summed E-state index contributed by atoms with van der Waals surface area (Å²) in [5, 5.41) is 4.74. The van der Waals surface area contributed by atoms with Gasteiger partial charge in [-0.3, -0.25) is 9.59 Å². The monoisotopic (exact) mass is 428 g/mol. The SMILES string of the molecule is Cc1ccc(NC2=C(c3cccs3)C(=O)N(c3cccc(C(F)(F)F)c3)C2=O)cc1. The van der Waals surface area contributed by atoms with E-state index in [-0.39, 0.29) is 17.0 Å². The van der Waals surface area contributed by atoms with Crippen LogP contribution in [0.25, 0.3) is 5.57 Å². The van der Waals surface area contributed by atoms with Gasteiger partial charge in [-0.25, -0.2) is 4.90 Å². The molecule has 1 aliphatic heterocycles. The highest BCUT2D eigenvalue weighted by molar-refractivity contribution is 7.11. The highest BCUT2D eigenvalue weighted by Gasteiger charge is 2.41. The predicted molar refractivity (Wildman–Crippen MR) is 110 cm³/mol. The van der Waals surface area contributed by atoms with Crippen LogP contribution in [0.15, 0.2) is 71.7 Å². The molecule has 1 aliphatic rings. The van der Waals surface area contributed by atoms with Crippen molar-refractivity contribution in [3.63, 3.8) is 0 Å². The number of nitrogens with zero attached hydrogens (tertiary/aromatic N) is 1. The van der Waals surface area contributed by atoms with Gasteiger partial charge >= 0.3 is 6.18 Å². The first kappa shape index (κ1) is 19.9. The van der Waals surface area contributed by atoms with Gasteiger partial charge in [0.25, 0.3) is 11.8 Å². The number of imide groups is 1. The largest absolute Gasteiger partial charge is 0.416 e. The van der Waals surface area contributed by atoms with Crippen LogP contribution in [-0.4, -0.2) is 11.8 Å². The lowest BCUT2D eigenvalue weighted by Gasteiger charge is -2.17. The van der Waals surface area contributed by atoms with Gasteiger partial charge in [-0.05, 0) is 48.7 Å². The summed E-state index contributed by atoms with van der Waals surface area (Å²) in [7, 11) is 0. The minimum absolute atomic E-state index is 0.0312. The van der Waals surface area contributed by atoms with E-state index in [1.54, 1.807) is 29.6 Å². The molecule has 0 aliphatic carbocycles. The zero-order valence-corrected chi connectivity index (χ0v) is 16.5. The van der Waals surface area contributed by atoms with Crippen LogP contribution in [0.5, 0.6) is 0 Å². The van der Waals surface area contributed by atoms with Gasteiger partial charge in [-0.15, -0.1) is 11.3 Å². The Balaban J connectivity index is 1.78. The summed E-state index contributed by atoms with van der Waals surface area (Å²) in [6.07, 6.45) is -4.59. The first-order valence-corrected chi connectivity index (χ1v) is 9.81. The summed E-state index contributed by atoms with van der Waals surface area (Å²) in [6.45, 7) is 1.92. The second-order valence-electron chi connectivity index (χ2n) is 6.71. The molecule has 0 fully saturated rings. The number of amides is 2. The molecule has 2 amide bonds. The number of thiophene rings is 1. The van der Waals surface area contributed by atoms with E-state index >= 15 is 0 Å². The van der Waals surface area contributed by atoms with Crippen LogP contribution in [0.1, 0.15) is 16.0 Å². The number of rotatable bonds is 4. The van der Waals surface area contributed by atoms with Crippen LogP contribution in [-0.2, 0) is 15.8 Å². The molecular formula is C22H15F3N2O2S. The van der Waals surface area contributed by atoms with Gasteiger partial charge in [0.2, 0.25) is 0 Å². The third-order valence-corrected chi connectivity index (χ3v) is 5.49. The summed E-state index contributed by atoms with van der Waals surface area (Å²) in [6, 6.07) is 14.8. The Morgan fingerprint density at radius 1 is 0.933 bits per heavy atom. The number of carbonyl (C=O) groups excluding carboxylic acids is 2. The van der Waals surface area contributed by atoms with Crippen LogP contribution in [0.3, 0.4) is 0 Å². The van der Waals surface area contributed by atoms with Crippen LogP contribution >= 0.6 is 11.3 Å². The second-order valence-corrected chi connectivity index (χ2v) is 7.66. The Labute approximate surface area is 174 Å². The highest BCUT2D eigenvalue weighted by atomic mass is 32.1. The topological polar surface area (TPSA) is 49.4 Å². The summed E-state index contributed by atoms with van der Waals surface area (Å²) in [5.74, 6) is -1.38. The van der Waals surface area contributed by atoms with E-state index in [0.29, 0.717) is 10.6 Å². The lowest BCUT2D eigenvalue weighted by Crippen LogP contribution is -2.32. The van der Waals surface area contributed by atoms with E-state index in [0.717, 1.165) is 22.6 Å². The van der Waals surface area contributed by atoms with Crippen molar-refractivity contribution in [1.82, 2.24) is 0 Å².